The first-order valence-corrected chi connectivity index (χ1v) is 9.96. The molecule has 1 saturated carbocycles. The Morgan fingerprint density at radius 3 is 2.72 bits per heavy atom. The molecule has 1 aromatic rings. The van der Waals surface area contributed by atoms with Gasteiger partial charge < -0.3 is 10.6 Å². The number of halogens is 3. The van der Waals surface area contributed by atoms with Crippen molar-refractivity contribution in [3.63, 3.8) is 0 Å². The minimum Gasteiger partial charge on any atom is -0.356 e. The first-order chi connectivity index (χ1) is 13.7. The molecule has 1 unspecified atom stereocenters. The number of carbonyl (C=O) groups is 2. The van der Waals surface area contributed by atoms with E-state index in [1.807, 2.05) is 0 Å². The van der Waals surface area contributed by atoms with Crippen LogP contribution < -0.4 is 10.6 Å². The van der Waals surface area contributed by atoms with Crippen molar-refractivity contribution < 1.29 is 22.8 Å². The van der Waals surface area contributed by atoms with Gasteiger partial charge in [-0.2, -0.15) is 13.2 Å². The second-order valence-corrected chi connectivity index (χ2v) is 7.60. The molecule has 10 heteroatoms. The molecule has 2 amide bonds. The predicted molar refractivity (Wildman–Crippen MR) is 98.9 cm³/mol. The molecule has 1 saturated heterocycles. The van der Waals surface area contributed by atoms with Gasteiger partial charge in [-0.1, -0.05) is 12.8 Å². The first kappa shape index (κ1) is 21.5. The van der Waals surface area contributed by atoms with Crippen molar-refractivity contribution in [3.8, 4) is 0 Å². The number of nitrogens with zero attached hydrogens (tertiary/aromatic N) is 3. The van der Waals surface area contributed by atoms with Gasteiger partial charge in [-0.05, 0) is 25.8 Å². The molecule has 0 aromatic carbocycles. The van der Waals surface area contributed by atoms with E-state index in [0.29, 0.717) is 12.6 Å². The zero-order chi connectivity index (χ0) is 21.0. The van der Waals surface area contributed by atoms with E-state index in [4.69, 9.17) is 0 Å². The molecule has 1 atom stereocenters. The predicted octanol–water partition coefficient (Wildman–Crippen LogP) is 1.60. The third-order valence-electron chi connectivity index (χ3n) is 5.41. The standard InChI is InChI=1S/C19H26F3N5O2/c1-12-10-15(19(20,21)22)26-16(25-12)6-7-23-17(28)11-14-18(29)24-8-9-27(14)13-4-2-3-5-13/h10,13-14H,2-9,11H2,1H3,(H,23,28)(H,24,29). The highest BCUT2D eigenvalue weighted by Crippen LogP contribution is 2.28. The van der Waals surface area contributed by atoms with Gasteiger partial charge in [-0.25, -0.2) is 9.97 Å². The van der Waals surface area contributed by atoms with Crippen LogP contribution in [0.15, 0.2) is 6.07 Å². The van der Waals surface area contributed by atoms with Crippen molar-refractivity contribution in [1.82, 2.24) is 25.5 Å². The number of nitrogens with one attached hydrogen (secondary N) is 2. The fourth-order valence-corrected chi connectivity index (χ4v) is 4.06. The van der Waals surface area contributed by atoms with Crippen LogP contribution in [-0.2, 0) is 22.2 Å². The Balaban J connectivity index is 1.54. The molecular weight excluding hydrogens is 387 g/mol. The van der Waals surface area contributed by atoms with E-state index in [-0.39, 0.29) is 42.7 Å². The van der Waals surface area contributed by atoms with Crippen LogP contribution in [0.2, 0.25) is 0 Å². The lowest BCUT2D eigenvalue weighted by atomic mass is 10.0. The minimum absolute atomic E-state index is 0.0283. The Hall–Kier alpha value is -2.23. The van der Waals surface area contributed by atoms with E-state index >= 15 is 0 Å². The molecule has 1 aliphatic heterocycles. The molecule has 2 fully saturated rings. The zero-order valence-corrected chi connectivity index (χ0v) is 16.4. The molecule has 2 aliphatic rings. The largest absolute Gasteiger partial charge is 0.433 e. The van der Waals surface area contributed by atoms with Gasteiger partial charge in [0.15, 0.2) is 0 Å². The summed E-state index contributed by atoms with van der Waals surface area (Å²) < 4.78 is 38.6. The smallest absolute Gasteiger partial charge is 0.356 e. The van der Waals surface area contributed by atoms with E-state index < -0.39 is 17.9 Å². The van der Waals surface area contributed by atoms with Crippen LogP contribution in [0.1, 0.15) is 49.3 Å². The van der Waals surface area contributed by atoms with Gasteiger partial charge in [0.2, 0.25) is 11.8 Å². The number of carbonyl (C=O) groups excluding carboxylic acids is 2. The van der Waals surface area contributed by atoms with Crippen molar-refractivity contribution >= 4 is 11.8 Å². The Morgan fingerprint density at radius 2 is 2.03 bits per heavy atom. The number of piperazine rings is 1. The number of rotatable bonds is 6. The summed E-state index contributed by atoms with van der Waals surface area (Å²) >= 11 is 0. The van der Waals surface area contributed by atoms with Gasteiger partial charge in [0, 0.05) is 37.8 Å². The second-order valence-electron chi connectivity index (χ2n) is 7.60. The van der Waals surface area contributed by atoms with Crippen LogP contribution in [0.3, 0.4) is 0 Å². The fourth-order valence-electron chi connectivity index (χ4n) is 4.06. The molecule has 2 heterocycles. The van der Waals surface area contributed by atoms with Crippen LogP contribution in [0.5, 0.6) is 0 Å². The van der Waals surface area contributed by atoms with Crippen molar-refractivity contribution in [2.24, 2.45) is 0 Å². The SMILES string of the molecule is Cc1cc(C(F)(F)F)nc(CCNC(=O)CC2C(=O)NCCN2C2CCCC2)n1. The van der Waals surface area contributed by atoms with E-state index in [1.54, 1.807) is 0 Å². The summed E-state index contributed by atoms with van der Waals surface area (Å²) in [6, 6.07) is 0.723. The van der Waals surface area contributed by atoms with Gasteiger partial charge in [0.1, 0.15) is 11.5 Å². The molecular formula is C19H26F3N5O2. The number of alkyl halides is 3. The molecule has 1 aromatic heterocycles. The summed E-state index contributed by atoms with van der Waals surface area (Å²) in [5.41, 5.74) is -0.767. The molecule has 3 rings (SSSR count). The van der Waals surface area contributed by atoms with Gasteiger partial charge in [-0.15, -0.1) is 0 Å². The van der Waals surface area contributed by atoms with Crippen LogP contribution >= 0.6 is 0 Å². The molecule has 29 heavy (non-hydrogen) atoms. The topological polar surface area (TPSA) is 87.2 Å². The first-order valence-electron chi connectivity index (χ1n) is 9.96. The van der Waals surface area contributed by atoms with E-state index in [9.17, 15) is 22.8 Å². The van der Waals surface area contributed by atoms with Crippen molar-refractivity contribution in [3.05, 3.63) is 23.3 Å². The summed E-state index contributed by atoms with van der Waals surface area (Å²) in [6.45, 7) is 2.89. The maximum atomic E-state index is 12.9. The third kappa shape index (κ3) is 5.65. The number of aryl methyl sites for hydroxylation is 1. The minimum atomic E-state index is -4.54. The summed E-state index contributed by atoms with van der Waals surface area (Å²) in [5, 5.41) is 5.49. The van der Waals surface area contributed by atoms with Crippen LogP contribution in [0, 0.1) is 6.92 Å². The van der Waals surface area contributed by atoms with Crippen molar-refractivity contribution in [2.75, 3.05) is 19.6 Å². The van der Waals surface area contributed by atoms with Crippen LogP contribution in [0.25, 0.3) is 0 Å². The molecule has 0 spiro atoms. The maximum Gasteiger partial charge on any atom is 0.433 e. The normalized spacial score (nSPS) is 21.2. The van der Waals surface area contributed by atoms with E-state index in [0.717, 1.165) is 38.3 Å². The van der Waals surface area contributed by atoms with Gasteiger partial charge >= 0.3 is 6.18 Å². The quantitative estimate of drug-likeness (QED) is 0.740. The van der Waals surface area contributed by atoms with Gasteiger partial charge in [0.05, 0.1) is 12.5 Å². The summed E-state index contributed by atoms with van der Waals surface area (Å²) in [7, 11) is 0. The Morgan fingerprint density at radius 1 is 1.31 bits per heavy atom. The monoisotopic (exact) mass is 413 g/mol. The van der Waals surface area contributed by atoms with Crippen LogP contribution in [-0.4, -0.2) is 58.4 Å². The Labute approximate surface area is 167 Å². The molecule has 0 bridgehead atoms. The number of hydrogen-bond donors (Lipinski definition) is 2. The highest BCUT2D eigenvalue weighted by Gasteiger charge is 2.37. The average Bonchev–Trinajstić information content (AvgIpc) is 3.17. The lowest BCUT2D eigenvalue weighted by molar-refractivity contribution is -0.141. The number of aromatic nitrogens is 2. The molecule has 0 radical (unpaired) electrons. The highest BCUT2D eigenvalue weighted by molar-refractivity contribution is 5.88. The molecule has 160 valence electrons. The van der Waals surface area contributed by atoms with Gasteiger partial charge in [-0.3, -0.25) is 14.5 Å². The third-order valence-corrected chi connectivity index (χ3v) is 5.41. The molecule has 1 aliphatic carbocycles. The second kappa shape index (κ2) is 9.06. The lowest BCUT2D eigenvalue weighted by Crippen LogP contribution is -2.59. The van der Waals surface area contributed by atoms with Crippen LogP contribution in [0.4, 0.5) is 13.2 Å². The molecule has 2 N–H and O–H groups in total. The maximum absolute atomic E-state index is 12.9. The highest BCUT2D eigenvalue weighted by atomic mass is 19.4. The fraction of sp³-hybridized carbons (Fsp3) is 0.684. The van der Waals surface area contributed by atoms with E-state index in [2.05, 4.69) is 25.5 Å². The lowest BCUT2D eigenvalue weighted by Gasteiger charge is -2.38. The number of amides is 2. The summed E-state index contributed by atoms with van der Waals surface area (Å²) in [6.07, 6.45) is -0.0697. The Kier molecular flexibility index (Phi) is 6.71. The summed E-state index contributed by atoms with van der Waals surface area (Å²) in [4.78, 5) is 34.3. The number of hydrogen-bond acceptors (Lipinski definition) is 5. The average molecular weight is 413 g/mol. The van der Waals surface area contributed by atoms with Crippen molar-refractivity contribution in [2.45, 2.75) is 63.7 Å². The Bertz CT molecular complexity index is 750. The summed E-state index contributed by atoms with van der Waals surface area (Å²) in [5.74, 6) is -0.422. The van der Waals surface area contributed by atoms with E-state index in [1.165, 1.54) is 6.92 Å². The van der Waals surface area contributed by atoms with Gasteiger partial charge in [0.25, 0.3) is 0 Å². The zero-order valence-electron chi connectivity index (χ0n) is 16.4. The van der Waals surface area contributed by atoms with Crippen molar-refractivity contribution in [1.29, 1.82) is 0 Å². The molecule has 7 nitrogen and oxygen atoms in total.